The lowest BCUT2D eigenvalue weighted by Crippen LogP contribution is -2.47. The molecule has 49 valence electrons. The Morgan fingerprint density at radius 3 is 3.30 bits per heavy atom. The van der Waals surface area contributed by atoms with Gasteiger partial charge in [-0.1, -0.05) is 0 Å². The van der Waals surface area contributed by atoms with Gasteiger partial charge in [0.1, 0.15) is 0 Å². The molecule has 0 saturated heterocycles. The summed E-state index contributed by atoms with van der Waals surface area (Å²) in [6.45, 7) is 0. The van der Waals surface area contributed by atoms with Gasteiger partial charge in [-0.2, -0.15) is 4.99 Å². The number of aliphatic imine (C=N–C) groups is 1. The third-order valence-corrected chi connectivity index (χ3v) is 1.28. The summed E-state index contributed by atoms with van der Waals surface area (Å²) < 4.78 is 0. The number of carbonyl (C=O) groups is 1. The number of hydrogen-bond donors (Lipinski definition) is 1. The minimum atomic E-state index is -0.120. The van der Waals surface area contributed by atoms with E-state index in [1.165, 1.54) is 6.08 Å². The van der Waals surface area contributed by atoms with E-state index in [2.05, 4.69) is 10.4 Å². The molecule has 0 aliphatic carbocycles. The fraction of sp³-hybridized carbons (Fsp3) is 0. The lowest BCUT2D eigenvalue weighted by molar-refractivity contribution is -0.117. The quantitative estimate of drug-likeness (QED) is 0.452. The molecule has 2 heterocycles. The maximum atomic E-state index is 10.7. The molecule has 0 bridgehead atoms. The number of hydrogen-bond acceptors (Lipinski definition) is 3. The second-order valence-corrected chi connectivity index (χ2v) is 1.96. The molecule has 1 radical (unpaired) electrons. The van der Waals surface area contributed by atoms with Crippen molar-refractivity contribution in [2.24, 2.45) is 4.99 Å². The van der Waals surface area contributed by atoms with Gasteiger partial charge < -0.3 is 0 Å². The fourth-order valence-corrected chi connectivity index (χ4v) is 0.839. The highest BCUT2D eigenvalue weighted by atomic mass is 16.2. The third kappa shape index (κ3) is 0.663. The molecule has 2 aliphatic heterocycles. The summed E-state index contributed by atoms with van der Waals surface area (Å²) >= 11 is 0. The van der Waals surface area contributed by atoms with Crippen LogP contribution in [0.25, 0.3) is 0 Å². The molecule has 4 nitrogen and oxygen atoms in total. The van der Waals surface area contributed by atoms with Crippen molar-refractivity contribution in [1.82, 2.24) is 10.4 Å². The van der Waals surface area contributed by atoms with Crippen LogP contribution in [0.4, 0.5) is 0 Å². The van der Waals surface area contributed by atoms with E-state index >= 15 is 0 Å². The van der Waals surface area contributed by atoms with Gasteiger partial charge in [0.05, 0.1) is 6.20 Å². The number of amidine groups is 1. The Labute approximate surface area is 57.5 Å². The summed E-state index contributed by atoms with van der Waals surface area (Å²) in [6, 6.07) is 0. The largest absolute Gasteiger partial charge is 0.310 e. The molecule has 0 saturated carbocycles. The lowest BCUT2D eigenvalue weighted by Gasteiger charge is -2.04. The van der Waals surface area contributed by atoms with Gasteiger partial charge in [-0.25, -0.2) is 0 Å². The number of fused-ring (bicyclic) bond motifs is 1. The van der Waals surface area contributed by atoms with Gasteiger partial charge in [0.25, 0.3) is 5.91 Å². The molecule has 0 atom stereocenters. The Morgan fingerprint density at radius 2 is 2.40 bits per heavy atom. The van der Waals surface area contributed by atoms with Crippen LogP contribution in [0.3, 0.4) is 0 Å². The fourth-order valence-electron chi connectivity index (χ4n) is 0.839. The minimum Gasteiger partial charge on any atom is -0.265 e. The first kappa shape index (κ1) is 5.37. The molecule has 0 unspecified atom stereocenters. The Kier molecular flexibility index (Phi) is 0.956. The number of hydrazine groups is 1. The normalized spacial score (nSPS) is 22.4. The number of nitrogens with zero attached hydrogens (tertiary/aromatic N) is 2. The first-order valence-corrected chi connectivity index (χ1v) is 2.89. The van der Waals surface area contributed by atoms with Crippen LogP contribution in [0.2, 0.25) is 0 Å². The van der Waals surface area contributed by atoms with E-state index in [0.717, 1.165) is 5.84 Å². The molecule has 2 rings (SSSR count). The van der Waals surface area contributed by atoms with E-state index in [-0.39, 0.29) is 5.91 Å². The summed E-state index contributed by atoms with van der Waals surface area (Å²) in [5, 5.41) is 1.57. The molecule has 0 aromatic heterocycles. The van der Waals surface area contributed by atoms with Crippen molar-refractivity contribution in [3.63, 3.8) is 0 Å². The van der Waals surface area contributed by atoms with E-state index < -0.39 is 0 Å². The number of rotatable bonds is 0. The average molecular weight is 135 g/mol. The van der Waals surface area contributed by atoms with Crippen LogP contribution >= 0.6 is 0 Å². The Hall–Kier alpha value is -1.42. The Balaban J connectivity index is 2.35. The van der Waals surface area contributed by atoms with Crippen molar-refractivity contribution < 1.29 is 4.79 Å². The predicted molar refractivity (Wildman–Crippen MR) is 36.0 cm³/mol. The van der Waals surface area contributed by atoms with E-state index in [9.17, 15) is 4.79 Å². The summed E-state index contributed by atoms with van der Waals surface area (Å²) in [7, 11) is 0. The van der Waals surface area contributed by atoms with Crippen LogP contribution in [0.1, 0.15) is 0 Å². The van der Waals surface area contributed by atoms with Crippen molar-refractivity contribution in [1.29, 1.82) is 0 Å². The van der Waals surface area contributed by atoms with E-state index in [1.54, 1.807) is 23.5 Å². The van der Waals surface area contributed by atoms with Gasteiger partial charge in [0, 0.05) is 17.2 Å². The smallest absolute Gasteiger partial charge is 0.265 e. The van der Waals surface area contributed by atoms with Crippen molar-refractivity contribution in [2.45, 2.75) is 0 Å². The highest BCUT2D eigenvalue weighted by Gasteiger charge is 2.29. The average Bonchev–Trinajstić information content (AvgIpc) is 2.33. The summed E-state index contributed by atoms with van der Waals surface area (Å²) in [5.74, 6) is 0.630. The van der Waals surface area contributed by atoms with Crippen molar-refractivity contribution in [3.8, 4) is 0 Å². The van der Waals surface area contributed by atoms with Gasteiger partial charge in [0.2, 0.25) is 6.20 Å². The van der Waals surface area contributed by atoms with Crippen LogP contribution < -0.4 is 10.4 Å². The first-order valence-electron chi connectivity index (χ1n) is 2.89. The second kappa shape index (κ2) is 1.78. The maximum absolute atomic E-state index is 10.7. The van der Waals surface area contributed by atoms with Crippen molar-refractivity contribution in [2.75, 3.05) is 0 Å². The first-order chi connectivity index (χ1) is 4.86. The van der Waals surface area contributed by atoms with Crippen LogP contribution in [-0.4, -0.2) is 11.7 Å². The van der Waals surface area contributed by atoms with E-state index in [4.69, 9.17) is 0 Å². The molecule has 0 aromatic rings. The minimum absolute atomic E-state index is 0.120. The molecule has 1 N–H and O–H groups in total. The monoisotopic (exact) mass is 135 g/mol. The number of amides is 1. The van der Waals surface area contributed by atoms with Crippen LogP contribution in [0.15, 0.2) is 29.5 Å². The molecule has 2 aliphatic rings. The molecular formula is C6H5N3O+. The van der Waals surface area contributed by atoms with Crippen molar-refractivity contribution >= 4 is 11.7 Å². The molecule has 0 spiro atoms. The SMILES string of the molecule is O=C1C=CC2=NC=C[N+]2N1. The van der Waals surface area contributed by atoms with E-state index in [1.807, 2.05) is 0 Å². The van der Waals surface area contributed by atoms with Gasteiger partial charge in [-0.3, -0.25) is 4.79 Å². The molecule has 1 amide bonds. The zero-order chi connectivity index (χ0) is 6.97. The van der Waals surface area contributed by atoms with Crippen LogP contribution in [0, 0.1) is 0 Å². The number of carbonyl (C=O) groups excluding carboxylic acids is 1. The van der Waals surface area contributed by atoms with Gasteiger partial charge >= 0.3 is 5.84 Å². The van der Waals surface area contributed by atoms with Gasteiger partial charge in [-0.15, -0.1) is 5.43 Å². The van der Waals surface area contributed by atoms with Gasteiger partial charge in [-0.05, 0) is 0 Å². The standard InChI is InChI=1S/C6H5N3O/c10-6-2-1-5-7-3-4-9(5)8-6/h1-4H,(H,8,10)/q+1. The molecule has 10 heavy (non-hydrogen) atoms. The Morgan fingerprint density at radius 1 is 1.50 bits per heavy atom. The lowest BCUT2D eigenvalue weighted by atomic mass is 10.4. The molecule has 0 fully saturated rings. The topological polar surface area (TPSA) is 47.4 Å². The number of nitrogens with one attached hydrogen (secondary N) is 1. The molecule has 4 heteroatoms. The van der Waals surface area contributed by atoms with Crippen LogP contribution in [0.5, 0.6) is 0 Å². The zero-order valence-corrected chi connectivity index (χ0v) is 5.11. The van der Waals surface area contributed by atoms with Gasteiger partial charge in [0.15, 0.2) is 0 Å². The second-order valence-electron chi connectivity index (χ2n) is 1.96. The predicted octanol–water partition coefficient (Wildman–Crippen LogP) is -0.389. The Bertz CT molecular complexity index is 264. The molecular weight excluding hydrogens is 130 g/mol. The van der Waals surface area contributed by atoms with E-state index in [0.29, 0.717) is 0 Å². The zero-order valence-electron chi connectivity index (χ0n) is 5.11. The molecule has 0 aromatic carbocycles. The maximum Gasteiger partial charge on any atom is 0.310 e. The summed E-state index contributed by atoms with van der Waals surface area (Å²) in [6.07, 6.45) is 6.43. The highest BCUT2D eigenvalue weighted by molar-refractivity contribution is 6.06. The van der Waals surface area contributed by atoms with Crippen LogP contribution in [-0.2, 0) is 4.79 Å². The summed E-state index contributed by atoms with van der Waals surface area (Å²) in [5.41, 5.74) is 2.57. The third-order valence-electron chi connectivity index (χ3n) is 1.28. The summed E-state index contributed by atoms with van der Waals surface area (Å²) in [4.78, 5) is 14.6. The van der Waals surface area contributed by atoms with Crippen molar-refractivity contribution in [3.05, 3.63) is 24.6 Å². The highest BCUT2D eigenvalue weighted by Crippen LogP contribution is 2.01.